The van der Waals surface area contributed by atoms with E-state index in [0.29, 0.717) is 25.7 Å². The second-order valence-electron chi connectivity index (χ2n) is 5.39. The van der Waals surface area contributed by atoms with Gasteiger partial charge < -0.3 is 25.0 Å². The van der Waals surface area contributed by atoms with Crippen molar-refractivity contribution in [3.63, 3.8) is 0 Å². The van der Waals surface area contributed by atoms with Gasteiger partial charge >= 0.3 is 0 Å². The van der Waals surface area contributed by atoms with Gasteiger partial charge in [-0.25, -0.2) is 4.99 Å². The second kappa shape index (κ2) is 8.84. The van der Waals surface area contributed by atoms with Crippen molar-refractivity contribution < 1.29 is 14.3 Å². The summed E-state index contributed by atoms with van der Waals surface area (Å²) in [6.45, 7) is 6.92. The lowest BCUT2D eigenvalue weighted by Gasteiger charge is -2.23. The average molecular weight is 300 g/mol. The molecule has 0 spiro atoms. The van der Waals surface area contributed by atoms with E-state index in [1.807, 2.05) is 6.92 Å². The Bertz CT molecular complexity index is 352. The van der Waals surface area contributed by atoms with Gasteiger partial charge in [0.25, 0.3) is 0 Å². The Balaban J connectivity index is 2.41. The molecule has 0 saturated carbocycles. The van der Waals surface area contributed by atoms with E-state index in [-0.39, 0.29) is 12.5 Å². The van der Waals surface area contributed by atoms with Crippen LogP contribution in [0.15, 0.2) is 4.99 Å². The third-order valence-corrected chi connectivity index (χ3v) is 3.18. The molecule has 122 valence electrons. The van der Waals surface area contributed by atoms with Crippen molar-refractivity contribution in [2.75, 3.05) is 46.9 Å². The Labute approximate surface area is 127 Å². The summed E-state index contributed by atoms with van der Waals surface area (Å²) < 4.78 is 11.1. The van der Waals surface area contributed by atoms with E-state index in [0.717, 1.165) is 19.4 Å². The predicted molar refractivity (Wildman–Crippen MR) is 82.2 cm³/mol. The van der Waals surface area contributed by atoms with Gasteiger partial charge in [0, 0.05) is 33.6 Å². The quantitative estimate of drug-likeness (QED) is 0.518. The predicted octanol–water partition coefficient (Wildman–Crippen LogP) is 0.173. The van der Waals surface area contributed by atoms with Gasteiger partial charge in [0.05, 0.1) is 13.2 Å². The Morgan fingerprint density at radius 3 is 2.43 bits per heavy atom. The summed E-state index contributed by atoms with van der Waals surface area (Å²) in [4.78, 5) is 17.4. The van der Waals surface area contributed by atoms with Crippen LogP contribution in [0.1, 0.15) is 26.7 Å². The fourth-order valence-electron chi connectivity index (χ4n) is 1.81. The molecule has 1 amide bonds. The Morgan fingerprint density at radius 2 is 1.86 bits per heavy atom. The van der Waals surface area contributed by atoms with Gasteiger partial charge in [0.15, 0.2) is 11.7 Å². The molecule has 21 heavy (non-hydrogen) atoms. The Kier molecular flexibility index (Phi) is 7.45. The lowest BCUT2D eigenvalue weighted by molar-refractivity contribution is -0.145. The van der Waals surface area contributed by atoms with Gasteiger partial charge in [-0.05, 0) is 13.3 Å². The first-order valence-corrected chi connectivity index (χ1v) is 7.47. The van der Waals surface area contributed by atoms with Crippen LogP contribution in [0.25, 0.3) is 0 Å². The fraction of sp³-hybridized carbons (Fsp3) is 0.857. The maximum absolute atomic E-state index is 11.6. The molecule has 7 heteroatoms. The van der Waals surface area contributed by atoms with Crippen molar-refractivity contribution in [1.82, 2.24) is 15.5 Å². The largest absolute Gasteiger partial charge is 0.356 e. The molecule has 0 aliphatic carbocycles. The number of amides is 1. The minimum atomic E-state index is -0.512. The summed E-state index contributed by atoms with van der Waals surface area (Å²) in [6.07, 6.45) is 1.72. The first-order valence-electron chi connectivity index (χ1n) is 7.47. The molecule has 0 bridgehead atoms. The smallest absolute Gasteiger partial charge is 0.243 e. The number of rotatable bonds is 7. The van der Waals surface area contributed by atoms with Crippen LogP contribution in [0.4, 0.5) is 0 Å². The monoisotopic (exact) mass is 300 g/mol. The molecule has 0 atom stereocenters. The lowest BCUT2D eigenvalue weighted by Crippen LogP contribution is -2.41. The topological polar surface area (TPSA) is 75.2 Å². The zero-order valence-corrected chi connectivity index (χ0v) is 13.6. The van der Waals surface area contributed by atoms with Gasteiger partial charge in [0.2, 0.25) is 5.91 Å². The number of nitrogens with zero attached hydrogens (tertiary/aromatic N) is 2. The first kappa shape index (κ1) is 17.7. The summed E-state index contributed by atoms with van der Waals surface area (Å²) in [7, 11) is 3.44. The molecule has 1 fully saturated rings. The Hall–Kier alpha value is -1.34. The minimum absolute atomic E-state index is 0.0259. The summed E-state index contributed by atoms with van der Waals surface area (Å²) >= 11 is 0. The van der Waals surface area contributed by atoms with Crippen molar-refractivity contribution in [1.29, 1.82) is 0 Å². The molecule has 2 N–H and O–H groups in total. The number of likely N-dealkylation sites (N-methyl/N-ethyl adjacent to an activating group) is 1. The minimum Gasteiger partial charge on any atom is -0.356 e. The van der Waals surface area contributed by atoms with E-state index in [1.165, 1.54) is 4.90 Å². The van der Waals surface area contributed by atoms with Crippen LogP contribution in [0, 0.1) is 0 Å². The van der Waals surface area contributed by atoms with Crippen molar-refractivity contribution in [2.45, 2.75) is 32.5 Å². The number of aliphatic imine (C=N–C) groups is 1. The molecular formula is C14H28N4O3. The average Bonchev–Trinajstić information content (AvgIpc) is 2.87. The van der Waals surface area contributed by atoms with Gasteiger partial charge in [-0.2, -0.15) is 0 Å². The molecule has 1 heterocycles. The van der Waals surface area contributed by atoms with E-state index in [2.05, 4.69) is 22.5 Å². The van der Waals surface area contributed by atoms with Crippen LogP contribution >= 0.6 is 0 Å². The van der Waals surface area contributed by atoms with Gasteiger partial charge in [0.1, 0.15) is 6.54 Å². The first-order chi connectivity index (χ1) is 9.97. The fourth-order valence-corrected chi connectivity index (χ4v) is 1.81. The molecule has 1 rings (SSSR count). The molecular weight excluding hydrogens is 272 g/mol. The maximum atomic E-state index is 11.6. The van der Waals surface area contributed by atoms with E-state index in [4.69, 9.17) is 9.47 Å². The zero-order chi connectivity index (χ0) is 15.7. The number of nitrogens with one attached hydrogen (secondary N) is 2. The van der Waals surface area contributed by atoms with E-state index < -0.39 is 5.79 Å². The third-order valence-electron chi connectivity index (χ3n) is 3.18. The van der Waals surface area contributed by atoms with Gasteiger partial charge in [-0.3, -0.25) is 4.79 Å². The summed E-state index contributed by atoms with van der Waals surface area (Å²) in [5, 5.41) is 6.40. The highest BCUT2D eigenvalue weighted by Gasteiger charge is 2.30. The van der Waals surface area contributed by atoms with Crippen molar-refractivity contribution in [3.8, 4) is 0 Å². The molecule has 1 aliphatic heterocycles. The van der Waals surface area contributed by atoms with Crippen molar-refractivity contribution >= 4 is 11.9 Å². The third kappa shape index (κ3) is 6.77. The number of carbonyl (C=O) groups excluding carboxylic acids is 1. The number of ether oxygens (including phenoxy) is 2. The zero-order valence-electron chi connectivity index (χ0n) is 13.6. The molecule has 7 nitrogen and oxygen atoms in total. The SMILES string of the molecule is CCCNC(=NCC(=O)N(C)C)NCCC1(C)OCCO1. The second-order valence-corrected chi connectivity index (χ2v) is 5.39. The van der Waals surface area contributed by atoms with Gasteiger partial charge in [-0.1, -0.05) is 6.92 Å². The molecule has 1 aliphatic rings. The van der Waals surface area contributed by atoms with Gasteiger partial charge in [-0.15, -0.1) is 0 Å². The molecule has 0 aromatic rings. The summed E-state index contributed by atoms with van der Waals surface area (Å²) in [6, 6.07) is 0. The molecule has 0 aromatic carbocycles. The summed E-state index contributed by atoms with van der Waals surface area (Å²) in [5.41, 5.74) is 0. The van der Waals surface area contributed by atoms with E-state index in [9.17, 15) is 4.79 Å². The number of hydrogen-bond donors (Lipinski definition) is 2. The number of carbonyl (C=O) groups is 1. The van der Waals surface area contributed by atoms with Crippen LogP contribution in [-0.4, -0.2) is 69.5 Å². The lowest BCUT2D eigenvalue weighted by atomic mass is 10.2. The molecule has 0 unspecified atom stereocenters. The highest BCUT2D eigenvalue weighted by molar-refractivity contribution is 5.84. The number of guanidine groups is 1. The highest BCUT2D eigenvalue weighted by atomic mass is 16.7. The van der Waals surface area contributed by atoms with Crippen molar-refractivity contribution in [3.05, 3.63) is 0 Å². The standard InChI is InChI=1S/C14H28N4O3/c1-5-7-15-13(17-11-12(19)18(3)4)16-8-6-14(2)20-9-10-21-14/h5-11H2,1-4H3,(H2,15,16,17). The highest BCUT2D eigenvalue weighted by Crippen LogP contribution is 2.21. The van der Waals surface area contributed by atoms with Crippen LogP contribution in [0.3, 0.4) is 0 Å². The van der Waals surface area contributed by atoms with Crippen LogP contribution in [0.5, 0.6) is 0 Å². The Morgan fingerprint density at radius 1 is 1.24 bits per heavy atom. The maximum Gasteiger partial charge on any atom is 0.243 e. The van der Waals surface area contributed by atoms with Crippen LogP contribution in [-0.2, 0) is 14.3 Å². The van der Waals surface area contributed by atoms with Crippen molar-refractivity contribution in [2.24, 2.45) is 4.99 Å². The van der Waals surface area contributed by atoms with Crippen LogP contribution in [0.2, 0.25) is 0 Å². The number of hydrogen-bond acceptors (Lipinski definition) is 4. The van der Waals surface area contributed by atoms with E-state index in [1.54, 1.807) is 14.1 Å². The molecule has 0 radical (unpaired) electrons. The molecule has 1 saturated heterocycles. The van der Waals surface area contributed by atoms with Crippen LogP contribution < -0.4 is 10.6 Å². The summed E-state index contributed by atoms with van der Waals surface area (Å²) in [5.74, 6) is 0.109. The molecule has 0 aromatic heterocycles. The normalized spacial score (nSPS) is 17.6. The van der Waals surface area contributed by atoms with E-state index >= 15 is 0 Å².